The van der Waals surface area contributed by atoms with Crippen molar-refractivity contribution in [2.45, 2.75) is 46.6 Å². The molecular weight excluding hydrogens is 344 g/mol. The van der Waals surface area contributed by atoms with Gasteiger partial charge < -0.3 is 5.32 Å². The summed E-state index contributed by atoms with van der Waals surface area (Å²) < 4.78 is 0. The SMILES string of the molecule is C=N/N=C(/CC)c1sc(NCc2ccccn2)c2c1CC(C)(C)CC2=O. The summed E-state index contributed by atoms with van der Waals surface area (Å²) in [5.41, 5.74) is 3.71. The third-order valence-corrected chi connectivity index (χ3v) is 5.76. The zero-order valence-electron chi connectivity index (χ0n) is 15.5. The summed E-state index contributed by atoms with van der Waals surface area (Å²) in [6.45, 7) is 10.4. The van der Waals surface area contributed by atoms with Crippen molar-refractivity contribution < 1.29 is 4.79 Å². The number of nitrogens with one attached hydrogen (secondary N) is 1. The minimum atomic E-state index is -0.0430. The summed E-state index contributed by atoms with van der Waals surface area (Å²) in [5.74, 6) is 0.198. The minimum Gasteiger partial charge on any atom is -0.371 e. The second-order valence-corrected chi connectivity index (χ2v) is 8.29. The summed E-state index contributed by atoms with van der Waals surface area (Å²) in [6, 6.07) is 5.83. The molecule has 1 aliphatic carbocycles. The Hall–Kier alpha value is -2.34. The van der Waals surface area contributed by atoms with Crippen LogP contribution < -0.4 is 5.32 Å². The molecule has 26 heavy (non-hydrogen) atoms. The van der Waals surface area contributed by atoms with Crippen molar-refractivity contribution >= 4 is 34.6 Å². The summed E-state index contributed by atoms with van der Waals surface area (Å²) in [7, 11) is 0. The number of carbonyl (C=O) groups is 1. The van der Waals surface area contributed by atoms with Gasteiger partial charge in [0.15, 0.2) is 5.78 Å². The van der Waals surface area contributed by atoms with Gasteiger partial charge in [-0.25, -0.2) is 0 Å². The zero-order chi connectivity index (χ0) is 18.7. The van der Waals surface area contributed by atoms with E-state index >= 15 is 0 Å². The molecule has 0 aliphatic heterocycles. The number of thiophene rings is 1. The number of carbonyl (C=O) groups excluding carboxylic acids is 1. The first-order valence-corrected chi connectivity index (χ1v) is 9.62. The Labute approximate surface area is 158 Å². The van der Waals surface area contributed by atoms with Crippen molar-refractivity contribution in [2.75, 3.05) is 5.32 Å². The van der Waals surface area contributed by atoms with Gasteiger partial charge in [-0.2, -0.15) is 10.2 Å². The molecule has 2 heterocycles. The van der Waals surface area contributed by atoms with E-state index in [0.717, 1.165) is 45.3 Å². The fraction of sp³-hybridized carbons (Fsp3) is 0.400. The molecule has 2 aromatic heterocycles. The highest BCUT2D eigenvalue weighted by atomic mass is 32.1. The van der Waals surface area contributed by atoms with Crippen LogP contribution in [0.4, 0.5) is 5.00 Å². The van der Waals surface area contributed by atoms with E-state index in [-0.39, 0.29) is 11.2 Å². The molecule has 0 amide bonds. The quantitative estimate of drug-likeness (QED) is 0.592. The largest absolute Gasteiger partial charge is 0.371 e. The van der Waals surface area contributed by atoms with Gasteiger partial charge in [-0.3, -0.25) is 9.78 Å². The maximum Gasteiger partial charge on any atom is 0.166 e. The van der Waals surface area contributed by atoms with Crippen molar-refractivity contribution in [3.63, 3.8) is 0 Å². The van der Waals surface area contributed by atoms with Gasteiger partial charge in [0.2, 0.25) is 0 Å². The molecular formula is C20H24N4OS. The van der Waals surface area contributed by atoms with Crippen LogP contribution in [0.1, 0.15) is 60.1 Å². The van der Waals surface area contributed by atoms with Gasteiger partial charge in [0, 0.05) is 19.3 Å². The van der Waals surface area contributed by atoms with Gasteiger partial charge in [-0.1, -0.05) is 26.8 Å². The van der Waals surface area contributed by atoms with E-state index in [9.17, 15) is 4.79 Å². The molecule has 2 aromatic rings. The first-order valence-electron chi connectivity index (χ1n) is 8.80. The molecule has 0 aromatic carbocycles. The van der Waals surface area contributed by atoms with E-state index in [0.29, 0.717) is 13.0 Å². The van der Waals surface area contributed by atoms with Gasteiger partial charge in [0.05, 0.1) is 28.4 Å². The molecule has 5 nitrogen and oxygen atoms in total. The van der Waals surface area contributed by atoms with Gasteiger partial charge >= 0.3 is 0 Å². The monoisotopic (exact) mass is 368 g/mol. The maximum absolute atomic E-state index is 12.9. The van der Waals surface area contributed by atoms with E-state index in [1.165, 1.54) is 0 Å². The Kier molecular flexibility index (Phi) is 5.32. The summed E-state index contributed by atoms with van der Waals surface area (Å²) in [6.07, 6.45) is 3.95. The van der Waals surface area contributed by atoms with E-state index in [1.54, 1.807) is 17.5 Å². The van der Waals surface area contributed by atoms with E-state index in [2.05, 4.69) is 41.1 Å². The first kappa shape index (κ1) is 18.5. The Morgan fingerprint density at radius 2 is 2.19 bits per heavy atom. The van der Waals surface area contributed by atoms with Crippen LogP contribution in [0.15, 0.2) is 34.6 Å². The number of nitrogens with zero attached hydrogens (tertiary/aromatic N) is 3. The molecule has 0 radical (unpaired) electrons. The second kappa shape index (κ2) is 7.50. The molecule has 6 heteroatoms. The van der Waals surface area contributed by atoms with Gasteiger partial charge in [0.1, 0.15) is 5.00 Å². The van der Waals surface area contributed by atoms with Crippen LogP contribution in [0.25, 0.3) is 0 Å². The molecule has 0 spiro atoms. The van der Waals surface area contributed by atoms with Crippen molar-refractivity contribution in [2.24, 2.45) is 15.6 Å². The van der Waals surface area contributed by atoms with Crippen molar-refractivity contribution in [1.82, 2.24) is 4.98 Å². The number of ketones is 1. The van der Waals surface area contributed by atoms with E-state index in [1.807, 2.05) is 25.1 Å². The van der Waals surface area contributed by atoms with Crippen LogP contribution in [0.3, 0.4) is 0 Å². The molecule has 0 unspecified atom stereocenters. The predicted octanol–water partition coefficient (Wildman–Crippen LogP) is 4.73. The molecule has 0 bridgehead atoms. The smallest absolute Gasteiger partial charge is 0.166 e. The molecule has 136 valence electrons. The van der Waals surface area contributed by atoms with Gasteiger partial charge in [-0.05, 0) is 36.0 Å². The molecule has 1 aliphatic rings. The Bertz CT molecular complexity index is 852. The van der Waals surface area contributed by atoms with E-state index < -0.39 is 0 Å². The van der Waals surface area contributed by atoms with E-state index in [4.69, 9.17) is 0 Å². The molecule has 0 saturated carbocycles. The molecule has 3 rings (SSSR count). The molecule has 0 saturated heterocycles. The number of Topliss-reactive ketones (excluding diaryl/α,β-unsaturated/α-hetero) is 1. The van der Waals surface area contributed by atoms with Crippen LogP contribution in [-0.2, 0) is 13.0 Å². The van der Waals surface area contributed by atoms with Crippen molar-refractivity contribution in [3.05, 3.63) is 46.1 Å². The minimum absolute atomic E-state index is 0.0430. The second-order valence-electron chi connectivity index (χ2n) is 7.27. The fourth-order valence-corrected chi connectivity index (χ4v) is 4.67. The van der Waals surface area contributed by atoms with Gasteiger partial charge in [0.25, 0.3) is 0 Å². The number of aromatic nitrogens is 1. The third-order valence-electron chi connectivity index (χ3n) is 4.52. The first-order chi connectivity index (χ1) is 12.4. The Morgan fingerprint density at radius 3 is 2.85 bits per heavy atom. The highest BCUT2D eigenvalue weighted by Gasteiger charge is 2.36. The normalized spacial score (nSPS) is 16.3. The summed E-state index contributed by atoms with van der Waals surface area (Å²) in [4.78, 5) is 18.3. The number of hydrogen-bond donors (Lipinski definition) is 1. The highest BCUT2D eigenvalue weighted by Crippen LogP contribution is 2.44. The molecule has 0 fully saturated rings. The number of anilines is 1. The molecule has 1 N–H and O–H groups in total. The van der Waals surface area contributed by atoms with Crippen LogP contribution in [0.2, 0.25) is 0 Å². The average molecular weight is 369 g/mol. The van der Waals surface area contributed by atoms with Crippen molar-refractivity contribution in [3.8, 4) is 0 Å². The highest BCUT2D eigenvalue weighted by molar-refractivity contribution is 7.18. The lowest BCUT2D eigenvalue weighted by Crippen LogP contribution is -2.27. The lowest BCUT2D eigenvalue weighted by atomic mass is 9.74. The van der Waals surface area contributed by atoms with Crippen LogP contribution >= 0.6 is 11.3 Å². The zero-order valence-corrected chi connectivity index (χ0v) is 16.3. The Balaban J connectivity index is 2.02. The standard InChI is InChI=1S/C20H24N4OS/c1-5-15(24-21-4)18-14-10-20(2,3)11-16(25)17(14)19(26-18)23-12-13-8-6-7-9-22-13/h6-9,23H,4-5,10-12H2,1-3H3/b24-15-. The van der Waals surface area contributed by atoms with Crippen molar-refractivity contribution in [1.29, 1.82) is 0 Å². The number of hydrogen-bond acceptors (Lipinski definition) is 6. The lowest BCUT2D eigenvalue weighted by molar-refractivity contribution is 0.0914. The topological polar surface area (TPSA) is 66.7 Å². The fourth-order valence-electron chi connectivity index (χ4n) is 3.39. The summed E-state index contributed by atoms with van der Waals surface area (Å²) >= 11 is 1.59. The summed E-state index contributed by atoms with van der Waals surface area (Å²) in [5, 5.41) is 12.3. The molecule has 0 atom stereocenters. The maximum atomic E-state index is 12.9. The lowest BCUT2D eigenvalue weighted by Gasteiger charge is -2.29. The van der Waals surface area contributed by atoms with Crippen LogP contribution in [-0.4, -0.2) is 23.2 Å². The van der Waals surface area contributed by atoms with Gasteiger partial charge in [-0.15, -0.1) is 11.3 Å². The number of rotatable bonds is 6. The third kappa shape index (κ3) is 3.75. The number of pyridine rings is 1. The van der Waals surface area contributed by atoms with Crippen LogP contribution in [0, 0.1) is 5.41 Å². The average Bonchev–Trinajstić information content (AvgIpc) is 2.96. The number of fused-ring (bicyclic) bond motifs is 1. The Morgan fingerprint density at radius 1 is 1.38 bits per heavy atom. The predicted molar refractivity (Wildman–Crippen MR) is 109 cm³/mol. The van der Waals surface area contributed by atoms with Crippen LogP contribution in [0.5, 0.6) is 0 Å².